The standard InChI is InChI=1S/C20H27N3O2/c1-25-11-10-23-16-21-13-19(23)15-22-9-5-8-18(14-22)20(24)12-17-6-3-2-4-7-17/h2-4,6-7,13,16,18H,5,8-12,14-15H2,1H3/t18-/m0/s1. The zero-order valence-electron chi connectivity index (χ0n) is 14.9. The molecule has 0 saturated carbocycles. The molecule has 1 atom stereocenters. The molecule has 1 fully saturated rings. The van der Waals surface area contributed by atoms with Crippen LogP contribution in [0.2, 0.25) is 0 Å². The quantitative estimate of drug-likeness (QED) is 0.740. The number of aromatic nitrogens is 2. The predicted octanol–water partition coefficient (Wildman–Crippen LogP) is 2.55. The number of likely N-dealkylation sites (tertiary alicyclic amines) is 1. The molecule has 1 saturated heterocycles. The number of methoxy groups -OCH3 is 1. The Kier molecular flexibility index (Phi) is 6.36. The van der Waals surface area contributed by atoms with E-state index in [-0.39, 0.29) is 5.92 Å². The van der Waals surface area contributed by atoms with Gasteiger partial charge in [0.25, 0.3) is 0 Å². The Bertz CT molecular complexity index is 669. The number of carbonyl (C=O) groups excluding carboxylic acids is 1. The summed E-state index contributed by atoms with van der Waals surface area (Å²) in [5.41, 5.74) is 2.30. The number of rotatable bonds is 8. The number of ether oxygens (including phenoxy) is 1. The topological polar surface area (TPSA) is 47.4 Å². The molecular formula is C20H27N3O2. The first-order valence-electron chi connectivity index (χ1n) is 9.03. The van der Waals surface area contributed by atoms with Gasteiger partial charge >= 0.3 is 0 Å². The van der Waals surface area contributed by atoms with E-state index in [0.717, 1.165) is 44.6 Å². The fourth-order valence-electron chi connectivity index (χ4n) is 3.50. The second kappa shape index (κ2) is 8.92. The van der Waals surface area contributed by atoms with Crippen molar-refractivity contribution < 1.29 is 9.53 Å². The monoisotopic (exact) mass is 341 g/mol. The van der Waals surface area contributed by atoms with E-state index in [1.54, 1.807) is 7.11 Å². The molecule has 0 N–H and O–H groups in total. The van der Waals surface area contributed by atoms with Crippen LogP contribution in [0.5, 0.6) is 0 Å². The van der Waals surface area contributed by atoms with Gasteiger partial charge in [-0.05, 0) is 24.9 Å². The van der Waals surface area contributed by atoms with Gasteiger partial charge in [0.05, 0.1) is 18.6 Å². The normalized spacial score (nSPS) is 18.4. The number of hydrogen-bond acceptors (Lipinski definition) is 4. The molecule has 1 aliphatic heterocycles. The molecule has 25 heavy (non-hydrogen) atoms. The van der Waals surface area contributed by atoms with Crippen molar-refractivity contribution in [2.75, 3.05) is 26.8 Å². The van der Waals surface area contributed by atoms with Gasteiger partial charge in [-0.1, -0.05) is 30.3 Å². The smallest absolute Gasteiger partial charge is 0.141 e. The summed E-state index contributed by atoms with van der Waals surface area (Å²) < 4.78 is 7.30. The third-order valence-electron chi connectivity index (χ3n) is 4.90. The second-order valence-corrected chi connectivity index (χ2v) is 6.77. The number of imidazole rings is 1. The lowest BCUT2D eigenvalue weighted by Gasteiger charge is -2.32. The van der Waals surface area contributed by atoms with E-state index in [0.29, 0.717) is 18.8 Å². The third kappa shape index (κ3) is 5.00. The van der Waals surface area contributed by atoms with Crippen molar-refractivity contribution >= 4 is 5.78 Å². The summed E-state index contributed by atoms with van der Waals surface area (Å²) in [6, 6.07) is 10.1. The van der Waals surface area contributed by atoms with Crippen LogP contribution in [0.15, 0.2) is 42.9 Å². The van der Waals surface area contributed by atoms with Crippen molar-refractivity contribution in [1.82, 2.24) is 14.5 Å². The van der Waals surface area contributed by atoms with Gasteiger partial charge < -0.3 is 9.30 Å². The fourth-order valence-corrected chi connectivity index (χ4v) is 3.50. The maximum atomic E-state index is 12.7. The molecular weight excluding hydrogens is 314 g/mol. The molecule has 2 aromatic rings. The molecule has 1 aromatic heterocycles. The summed E-state index contributed by atoms with van der Waals surface area (Å²) in [4.78, 5) is 19.3. The summed E-state index contributed by atoms with van der Waals surface area (Å²) >= 11 is 0. The van der Waals surface area contributed by atoms with Crippen LogP contribution >= 0.6 is 0 Å². The molecule has 3 rings (SSSR count). The minimum Gasteiger partial charge on any atom is -0.383 e. The van der Waals surface area contributed by atoms with Gasteiger partial charge in [0.2, 0.25) is 0 Å². The zero-order valence-corrected chi connectivity index (χ0v) is 14.9. The van der Waals surface area contributed by atoms with E-state index >= 15 is 0 Å². The molecule has 0 radical (unpaired) electrons. The summed E-state index contributed by atoms with van der Waals surface area (Å²) in [5.74, 6) is 0.507. The maximum Gasteiger partial charge on any atom is 0.141 e. The molecule has 0 spiro atoms. The number of benzene rings is 1. The first-order chi connectivity index (χ1) is 12.3. The van der Waals surface area contributed by atoms with Crippen molar-refractivity contribution in [2.24, 2.45) is 5.92 Å². The fraction of sp³-hybridized carbons (Fsp3) is 0.500. The molecule has 0 unspecified atom stereocenters. The number of piperidine rings is 1. The van der Waals surface area contributed by atoms with Crippen molar-refractivity contribution in [2.45, 2.75) is 32.4 Å². The lowest BCUT2D eigenvalue weighted by molar-refractivity contribution is -0.124. The van der Waals surface area contributed by atoms with Crippen molar-refractivity contribution in [1.29, 1.82) is 0 Å². The van der Waals surface area contributed by atoms with Crippen LogP contribution in [0.1, 0.15) is 24.1 Å². The molecule has 0 bridgehead atoms. The van der Waals surface area contributed by atoms with Gasteiger partial charge in [0.15, 0.2) is 0 Å². The largest absolute Gasteiger partial charge is 0.383 e. The minimum atomic E-state index is 0.143. The SMILES string of the molecule is COCCn1cncc1CN1CCC[C@H](C(=O)Cc2ccccc2)C1. The summed E-state index contributed by atoms with van der Waals surface area (Å²) in [7, 11) is 1.71. The molecule has 5 heteroatoms. The van der Waals surface area contributed by atoms with E-state index in [1.807, 2.05) is 42.9 Å². The Hall–Kier alpha value is -1.98. The summed E-state index contributed by atoms with van der Waals surface area (Å²) in [6.45, 7) is 4.24. The zero-order chi connectivity index (χ0) is 17.5. The van der Waals surface area contributed by atoms with Crippen LogP contribution in [0.4, 0.5) is 0 Å². The summed E-state index contributed by atoms with van der Waals surface area (Å²) in [5, 5.41) is 0. The number of carbonyl (C=O) groups is 1. The summed E-state index contributed by atoms with van der Waals surface area (Å²) in [6.07, 6.45) is 6.41. The number of ketones is 1. The maximum absolute atomic E-state index is 12.7. The number of nitrogens with zero attached hydrogens (tertiary/aromatic N) is 3. The van der Waals surface area contributed by atoms with Crippen molar-refractivity contribution in [3.63, 3.8) is 0 Å². The van der Waals surface area contributed by atoms with E-state index in [4.69, 9.17) is 4.74 Å². The highest BCUT2D eigenvalue weighted by Crippen LogP contribution is 2.21. The van der Waals surface area contributed by atoms with Gasteiger partial charge in [0.1, 0.15) is 5.78 Å². The van der Waals surface area contributed by atoms with Crippen LogP contribution in [-0.2, 0) is 29.0 Å². The Balaban J connectivity index is 1.56. The highest BCUT2D eigenvalue weighted by atomic mass is 16.5. The van der Waals surface area contributed by atoms with Crippen molar-refractivity contribution in [3.05, 3.63) is 54.1 Å². The first-order valence-corrected chi connectivity index (χ1v) is 9.03. The van der Waals surface area contributed by atoms with Gasteiger partial charge in [0, 0.05) is 45.3 Å². The Morgan fingerprint density at radius 3 is 2.96 bits per heavy atom. The molecule has 1 aromatic carbocycles. The molecule has 0 amide bonds. The highest BCUT2D eigenvalue weighted by molar-refractivity contribution is 5.83. The van der Waals surface area contributed by atoms with Crippen LogP contribution in [-0.4, -0.2) is 47.0 Å². The van der Waals surface area contributed by atoms with Crippen LogP contribution in [0.3, 0.4) is 0 Å². The Morgan fingerprint density at radius 1 is 1.32 bits per heavy atom. The molecule has 134 valence electrons. The Morgan fingerprint density at radius 2 is 2.16 bits per heavy atom. The van der Waals surface area contributed by atoms with Crippen molar-refractivity contribution in [3.8, 4) is 0 Å². The average molecular weight is 341 g/mol. The molecule has 1 aliphatic rings. The average Bonchev–Trinajstić information content (AvgIpc) is 3.08. The van der Waals surface area contributed by atoms with Gasteiger partial charge in [-0.2, -0.15) is 0 Å². The van der Waals surface area contributed by atoms with Gasteiger partial charge in [-0.25, -0.2) is 4.98 Å². The lowest BCUT2D eigenvalue weighted by Crippen LogP contribution is -2.39. The lowest BCUT2D eigenvalue weighted by atomic mass is 9.90. The second-order valence-electron chi connectivity index (χ2n) is 6.77. The number of hydrogen-bond donors (Lipinski definition) is 0. The Labute approximate surface area is 149 Å². The minimum absolute atomic E-state index is 0.143. The number of Topliss-reactive ketones (excluding diaryl/α,β-unsaturated/α-hetero) is 1. The van der Waals surface area contributed by atoms with E-state index in [9.17, 15) is 4.79 Å². The van der Waals surface area contributed by atoms with Gasteiger partial charge in [-0.3, -0.25) is 9.69 Å². The van der Waals surface area contributed by atoms with Crippen LogP contribution < -0.4 is 0 Å². The third-order valence-corrected chi connectivity index (χ3v) is 4.90. The first kappa shape index (κ1) is 17.8. The van der Waals surface area contributed by atoms with Crippen LogP contribution in [0, 0.1) is 5.92 Å². The molecule has 0 aliphatic carbocycles. The van der Waals surface area contributed by atoms with E-state index < -0.39 is 0 Å². The molecule has 2 heterocycles. The van der Waals surface area contributed by atoms with Gasteiger partial charge in [-0.15, -0.1) is 0 Å². The predicted molar refractivity (Wildman–Crippen MR) is 97.3 cm³/mol. The van der Waals surface area contributed by atoms with E-state index in [1.165, 1.54) is 5.69 Å². The van der Waals surface area contributed by atoms with E-state index in [2.05, 4.69) is 14.5 Å². The van der Waals surface area contributed by atoms with Crippen LogP contribution in [0.25, 0.3) is 0 Å². The molecule has 5 nitrogen and oxygen atoms in total. The highest BCUT2D eigenvalue weighted by Gasteiger charge is 2.26.